The molecule has 5 nitrogen and oxygen atoms in total. The maximum atomic E-state index is 12.9. The minimum absolute atomic E-state index is 0.0907. The lowest BCUT2D eigenvalue weighted by Crippen LogP contribution is -2.35. The van der Waals surface area contributed by atoms with Gasteiger partial charge in [-0.05, 0) is 97.8 Å². The molecule has 4 fully saturated rings. The second kappa shape index (κ2) is 10.2. The number of carbonyl (C=O) groups excluding carboxylic acids is 1. The summed E-state index contributed by atoms with van der Waals surface area (Å²) >= 11 is 0. The Balaban J connectivity index is 1.28. The van der Waals surface area contributed by atoms with Crippen molar-refractivity contribution in [2.24, 2.45) is 28.6 Å². The predicted octanol–water partition coefficient (Wildman–Crippen LogP) is 5.94. The molecule has 0 radical (unpaired) electrons. The molecule has 7 atom stereocenters. The van der Waals surface area contributed by atoms with Gasteiger partial charge in [-0.25, -0.2) is 0 Å². The van der Waals surface area contributed by atoms with Crippen molar-refractivity contribution < 1.29 is 24.5 Å². The summed E-state index contributed by atoms with van der Waals surface area (Å²) in [7, 11) is 0. The molecule has 0 unspecified atom stereocenters. The van der Waals surface area contributed by atoms with Gasteiger partial charge >= 0.3 is 0 Å². The number of aliphatic hydroxyl groups is 3. The molecule has 200 valence electrons. The number of rotatable bonds is 7. The first-order valence-electron chi connectivity index (χ1n) is 14.1. The van der Waals surface area contributed by atoms with Crippen LogP contribution in [0.2, 0.25) is 0 Å². The van der Waals surface area contributed by atoms with Crippen molar-refractivity contribution >= 4 is 5.78 Å². The SMILES string of the molecule is C=C1C(=CC=C2CCC[C@]3(C)[C@@H]([C@H](C)C=C[C@@H](O)C4(C(=O)c5ccco5)CC4)CC[C@@H]23)C[C@@H](O)C[C@@H]1O. The van der Waals surface area contributed by atoms with Crippen LogP contribution in [-0.2, 0) is 0 Å². The van der Waals surface area contributed by atoms with E-state index < -0.39 is 23.7 Å². The van der Waals surface area contributed by atoms with E-state index in [2.05, 4.69) is 38.7 Å². The van der Waals surface area contributed by atoms with Crippen LogP contribution in [0.5, 0.6) is 0 Å². The molecule has 4 aliphatic carbocycles. The third-order valence-electron chi connectivity index (χ3n) is 10.1. The van der Waals surface area contributed by atoms with Gasteiger partial charge in [0.25, 0.3) is 0 Å². The Morgan fingerprint density at radius 3 is 2.68 bits per heavy atom. The molecule has 5 heteroatoms. The number of Topliss-reactive ketones (excluding diaryl/α,β-unsaturated/α-hetero) is 1. The van der Waals surface area contributed by atoms with Crippen molar-refractivity contribution in [2.75, 3.05) is 0 Å². The van der Waals surface area contributed by atoms with Gasteiger partial charge in [-0.15, -0.1) is 0 Å². The lowest BCUT2D eigenvalue weighted by atomic mass is 9.61. The topological polar surface area (TPSA) is 90.9 Å². The Morgan fingerprint density at radius 2 is 1.97 bits per heavy atom. The van der Waals surface area contributed by atoms with Crippen LogP contribution in [0.15, 0.2) is 70.4 Å². The summed E-state index contributed by atoms with van der Waals surface area (Å²) in [5, 5.41) is 31.3. The minimum Gasteiger partial charge on any atom is -0.461 e. The number of carbonyl (C=O) groups is 1. The smallest absolute Gasteiger partial charge is 0.207 e. The zero-order valence-corrected chi connectivity index (χ0v) is 22.2. The van der Waals surface area contributed by atoms with E-state index >= 15 is 0 Å². The van der Waals surface area contributed by atoms with Gasteiger partial charge in [0.2, 0.25) is 5.78 Å². The number of fused-ring (bicyclic) bond motifs is 1. The van der Waals surface area contributed by atoms with E-state index in [1.165, 1.54) is 18.3 Å². The Morgan fingerprint density at radius 1 is 1.19 bits per heavy atom. The van der Waals surface area contributed by atoms with Crippen LogP contribution in [-0.4, -0.2) is 39.4 Å². The zero-order valence-electron chi connectivity index (χ0n) is 22.2. The van der Waals surface area contributed by atoms with Gasteiger partial charge in [0.1, 0.15) is 0 Å². The fourth-order valence-electron chi connectivity index (χ4n) is 7.65. The van der Waals surface area contributed by atoms with Crippen LogP contribution in [0.25, 0.3) is 0 Å². The van der Waals surface area contributed by atoms with Gasteiger partial charge in [0, 0.05) is 6.42 Å². The molecule has 4 aliphatic rings. The molecule has 37 heavy (non-hydrogen) atoms. The van der Waals surface area contributed by atoms with Gasteiger partial charge in [-0.3, -0.25) is 4.79 Å². The Hall–Kier alpha value is -2.21. The first-order chi connectivity index (χ1) is 17.7. The Bertz CT molecular complexity index is 1100. The monoisotopic (exact) mass is 506 g/mol. The molecule has 0 aromatic carbocycles. The largest absolute Gasteiger partial charge is 0.461 e. The van der Waals surface area contributed by atoms with Gasteiger partial charge in [-0.1, -0.05) is 50.3 Å². The fourth-order valence-corrected chi connectivity index (χ4v) is 7.65. The summed E-state index contributed by atoms with van der Waals surface area (Å²) in [6.07, 6.45) is 16.0. The van der Waals surface area contributed by atoms with E-state index in [-0.39, 0.29) is 11.2 Å². The summed E-state index contributed by atoms with van der Waals surface area (Å²) in [5.41, 5.74) is 2.64. The first kappa shape index (κ1) is 26.4. The normalized spacial score (nSPS) is 37.2. The Labute approximate surface area is 220 Å². The molecule has 0 bridgehead atoms. The second-order valence-corrected chi connectivity index (χ2v) is 12.3. The highest BCUT2D eigenvalue weighted by atomic mass is 16.3. The predicted molar refractivity (Wildman–Crippen MR) is 144 cm³/mol. The summed E-state index contributed by atoms with van der Waals surface area (Å²) < 4.78 is 5.31. The lowest BCUT2D eigenvalue weighted by molar-refractivity contribution is 0.0697. The molecule has 5 rings (SSSR count). The molecule has 4 saturated carbocycles. The van der Waals surface area contributed by atoms with Crippen LogP contribution in [0.3, 0.4) is 0 Å². The highest BCUT2D eigenvalue weighted by Crippen LogP contribution is 2.60. The molecule has 1 aromatic heterocycles. The van der Waals surface area contributed by atoms with E-state index in [9.17, 15) is 20.1 Å². The van der Waals surface area contributed by atoms with Crippen molar-refractivity contribution in [1.82, 2.24) is 0 Å². The highest BCUT2D eigenvalue weighted by Gasteiger charge is 2.56. The summed E-state index contributed by atoms with van der Waals surface area (Å²) in [4.78, 5) is 12.9. The number of hydrogen-bond donors (Lipinski definition) is 3. The van der Waals surface area contributed by atoms with Crippen molar-refractivity contribution in [3.8, 4) is 0 Å². The van der Waals surface area contributed by atoms with Crippen molar-refractivity contribution in [3.05, 3.63) is 71.8 Å². The highest BCUT2D eigenvalue weighted by molar-refractivity contribution is 6.00. The molecule has 1 aromatic rings. The molecule has 0 amide bonds. The molecule has 0 aliphatic heterocycles. The maximum Gasteiger partial charge on any atom is 0.207 e. The molecular weight excluding hydrogens is 464 g/mol. The van der Waals surface area contributed by atoms with Crippen molar-refractivity contribution in [2.45, 2.75) is 89.9 Å². The van der Waals surface area contributed by atoms with E-state index in [1.54, 1.807) is 12.1 Å². The molecule has 0 spiro atoms. The third kappa shape index (κ3) is 4.86. The average Bonchev–Trinajstić information content (AvgIpc) is 3.33. The number of allylic oxidation sites excluding steroid dienone is 4. The van der Waals surface area contributed by atoms with E-state index in [0.29, 0.717) is 49.2 Å². The quantitative estimate of drug-likeness (QED) is 0.315. The standard InChI is InChI=1S/C32H42O5/c1-20(8-13-29(35)32(15-16-32)30(36)28-7-5-17-37-28)25-11-12-26-22(6-4-14-31(25,26)3)9-10-23-18-24(33)19-27(34)21(23)2/h5,7-10,13,17,20,24-27,29,33-35H,2,4,6,11-12,14-16,18-19H2,1,3H3/t20-,24-,25-,26+,27+,29-,31-/m1/s1. The molecule has 3 N–H and O–H groups in total. The second-order valence-electron chi connectivity index (χ2n) is 12.3. The number of ketones is 1. The fraction of sp³-hybridized carbons (Fsp3) is 0.594. The maximum absolute atomic E-state index is 12.9. The molecule has 1 heterocycles. The van der Waals surface area contributed by atoms with Crippen LogP contribution in [0.4, 0.5) is 0 Å². The van der Waals surface area contributed by atoms with Crippen LogP contribution in [0, 0.1) is 28.6 Å². The Kier molecular flexibility index (Phi) is 7.25. The third-order valence-corrected chi connectivity index (χ3v) is 10.1. The average molecular weight is 507 g/mol. The van der Waals surface area contributed by atoms with Crippen molar-refractivity contribution in [3.63, 3.8) is 0 Å². The van der Waals surface area contributed by atoms with E-state index in [4.69, 9.17) is 4.42 Å². The van der Waals surface area contributed by atoms with Gasteiger partial charge in [0.05, 0.1) is 30.0 Å². The summed E-state index contributed by atoms with van der Waals surface area (Å²) in [5.74, 6) is 1.58. The minimum atomic E-state index is -0.791. The van der Waals surface area contributed by atoms with E-state index in [1.807, 2.05) is 6.08 Å². The van der Waals surface area contributed by atoms with Gasteiger partial charge in [0.15, 0.2) is 5.76 Å². The van der Waals surface area contributed by atoms with E-state index in [0.717, 1.165) is 36.8 Å². The zero-order chi connectivity index (χ0) is 26.4. The molecular formula is C32H42O5. The van der Waals surface area contributed by atoms with Crippen LogP contribution >= 0.6 is 0 Å². The lowest BCUT2D eigenvalue weighted by Gasteiger charge is -2.44. The summed E-state index contributed by atoms with van der Waals surface area (Å²) in [6, 6.07) is 3.39. The van der Waals surface area contributed by atoms with Gasteiger partial charge in [-0.2, -0.15) is 0 Å². The molecule has 0 saturated heterocycles. The van der Waals surface area contributed by atoms with Crippen molar-refractivity contribution in [1.29, 1.82) is 0 Å². The number of furan rings is 1. The number of aliphatic hydroxyl groups excluding tert-OH is 3. The number of hydrogen-bond acceptors (Lipinski definition) is 5. The van der Waals surface area contributed by atoms with Gasteiger partial charge < -0.3 is 19.7 Å². The summed E-state index contributed by atoms with van der Waals surface area (Å²) in [6.45, 7) is 8.75. The first-order valence-corrected chi connectivity index (χ1v) is 14.1. The van der Waals surface area contributed by atoms with Crippen LogP contribution < -0.4 is 0 Å². The van der Waals surface area contributed by atoms with Crippen LogP contribution in [0.1, 0.15) is 82.2 Å².